The van der Waals surface area contributed by atoms with Gasteiger partial charge in [-0.15, -0.1) is 0 Å². The van der Waals surface area contributed by atoms with Gasteiger partial charge < -0.3 is 19.4 Å². The van der Waals surface area contributed by atoms with Crippen LogP contribution in [0, 0.1) is 18.6 Å². The monoisotopic (exact) mass is 373 g/mol. The Kier molecular flexibility index (Phi) is 4.47. The largest absolute Gasteiger partial charge is 0.493 e. The number of rotatable bonds is 4. The molecule has 5 nitrogen and oxygen atoms in total. The van der Waals surface area contributed by atoms with Crippen LogP contribution in [-0.4, -0.2) is 35.6 Å². The number of nitrogens with zero attached hydrogens (tertiary/aromatic N) is 2. The molecule has 0 fully saturated rings. The highest BCUT2D eigenvalue weighted by Crippen LogP contribution is 2.39. The molecule has 0 radical (unpaired) electrons. The summed E-state index contributed by atoms with van der Waals surface area (Å²) in [6, 6.07) is 6.03. The van der Waals surface area contributed by atoms with E-state index in [1.54, 1.807) is 0 Å². The van der Waals surface area contributed by atoms with Crippen LogP contribution in [0.4, 0.5) is 8.78 Å². The first kappa shape index (κ1) is 17.7. The molecule has 142 valence electrons. The fraction of sp³-hybridized carbons (Fsp3) is 0.350. The number of nitrogens with one attached hydrogen (secondary N) is 1. The number of aromatic nitrogens is 2. The summed E-state index contributed by atoms with van der Waals surface area (Å²) in [5.74, 6) is 0.231. The molecule has 1 aromatic heterocycles. The van der Waals surface area contributed by atoms with E-state index in [4.69, 9.17) is 9.47 Å². The molecule has 0 saturated carbocycles. The maximum Gasteiger partial charge on any atom is 0.148 e. The van der Waals surface area contributed by atoms with Crippen molar-refractivity contribution in [2.75, 3.05) is 20.7 Å². The van der Waals surface area contributed by atoms with Crippen molar-refractivity contribution in [1.29, 1.82) is 0 Å². The summed E-state index contributed by atoms with van der Waals surface area (Å²) in [6.45, 7) is 2.94. The summed E-state index contributed by atoms with van der Waals surface area (Å²) in [6.07, 6.45) is -0.0950. The molecule has 2 aromatic carbocycles. The third-order valence-corrected chi connectivity index (χ3v) is 4.51. The zero-order valence-electron chi connectivity index (χ0n) is 15.5. The maximum absolute atomic E-state index is 14.4. The quantitative estimate of drug-likeness (QED) is 0.748. The van der Waals surface area contributed by atoms with Gasteiger partial charge in [0, 0.05) is 25.1 Å². The minimum Gasteiger partial charge on any atom is -0.493 e. The number of benzene rings is 2. The predicted octanol–water partition coefficient (Wildman–Crippen LogP) is 4.11. The van der Waals surface area contributed by atoms with E-state index < -0.39 is 17.7 Å². The predicted molar refractivity (Wildman–Crippen MR) is 98.1 cm³/mol. The highest BCUT2D eigenvalue weighted by molar-refractivity contribution is 5.82. The molecule has 1 aliphatic heterocycles. The normalized spacial score (nSPS) is 16.4. The molecule has 0 aliphatic carbocycles. The van der Waals surface area contributed by atoms with Crippen molar-refractivity contribution in [3.63, 3.8) is 0 Å². The molecular weight excluding hydrogens is 352 g/mol. The van der Waals surface area contributed by atoms with Gasteiger partial charge in [0.1, 0.15) is 40.6 Å². The lowest BCUT2D eigenvalue weighted by atomic mass is 10.0. The maximum atomic E-state index is 14.4. The molecule has 1 aliphatic rings. The molecule has 7 heteroatoms. The van der Waals surface area contributed by atoms with Crippen LogP contribution in [0.25, 0.3) is 11.0 Å². The lowest BCUT2D eigenvalue weighted by molar-refractivity contribution is 0.132. The number of hydrogen-bond donors (Lipinski definition) is 1. The third-order valence-electron chi connectivity index (χ3n) is 4.51. The van der Waals surface area contributed by atoms with E-state index in [0.717, 1.165) is 29.5 Å². The third kappa shape index (κ3) is 3.47. The molecule has 1 N–H and O–H groups in total. The van der Waals surface area contributed by atoms with Crippen molar-refractivity contribution >= 4 is 11.0 Å². The van der Waals surface area contributed by atoms with Gasteiger partial charge in [-0.1, -0.05) is 0 Å². The Morgan fingerprint density at radius 1 is 1.26 bits per heavy atom. The smallest absolute Gasteiger partial charge is 0.148 e. The van der Waals surface area contributed by atoms with Gasteiger partial charge in [-0.3, -0.25) is 0 Å². The molecule has 0 spiro atoms. The lowest BCUT2D eigenvalue weighted by Gasteiger charge is -2.27. The van der Waals surface area contributed by atoms with Gasteiger partial charge in [-0.25, -0.2) is 13.8 Å². The molecule has 0 saturated heterocycles. The highest BCUT2D eigenvalue weighted by Gasteiger charge is 2.28. The lowest BCUT2D eigenvalue weighted by Crippen LogP contribution is -2.20. The van der Waals surface area contributed by atoms with Gasteiger partial charge in [-0.05, 0) is 38.7 Å². The Hall–Kier alpha value is -2.67. The molecule has 4 rings (SSSR count). The average Bonchev–Trinajstić information content (AvgIpc) is 2.94. The Morgan fingerprint density at radius 3 is 2.85 bits per heavy atom. The Bertz CT molecular complexity index is 1000. The highest BCUT2D eigenvalue weighted by atomic mass is 19.1. The second-order valence-corrected chi connectivity index (χ2v) is 7.09. The van der Waals surface area contributed by atoms with Crippen LogP contribution in [0.3, 0.4) is 0 Å². The standard InChI is InChI=1S/C20H21F2N3O2/c1-11-23-15-6-12(10-25(2)3)7-18(20(15)24-11)27-16-4-5-26-17-9-13(21)8-14(22)19(16)17/h6-9,16H,4-5,10H2,1-3H3,(H,23,24)/t16-/m0/s1. The van der Waals surface area contributed by atoms with Crippen molar-refractivity contribution in [1.82, 2.24) is 14.9 Å². The van der Waals surface area contributed by atoms with E-state index in [1.807, 2.05) is 33.2 Å². The molecule has 0 bridgehead atoms. The van der Waals surface area contributed by atoms with Crippen molar-refractivity contribution in [2.24, 2.45) is 0 Å². The summed E-state index contributed by atoms with van der Waals surface area (Å²) < 4.78 is 39.6. The van der Waals surface area contributed by atoms with E-state index in [-0.39, 0.29) is 11.3 Å². The Balaban J connectivity index is 1.76. The van der Waals surface area contributed by atoms with E-state index in [1.165, 1.54) is 6.07 Å². The van der Waals surface area contributed by atoms with Crippen molar-refractivity contribution in [3.8, 4) is 11.5 Å². The number of hydrogen-bond acceptors (Lipinski definition) is 4. The van der Waals surface area contributed by atoms with E-state index in [0.29, 0.717) is 24.3 Å². The molecule has 0 amide bonds. The minimum atomic E-state index is -0.662. The zero-order chi connectivity index (χ0) is 19.1. The summed E-state index contributed by atoms with van der Waals surface area (Å²) in [5, 5.41) is 0. The number of aryl methyl sites for hydroxylation is 1. The van der Waals surface area contributed by atoms with Gasteiger partial charge in [0.25, 0.3) is 0 Å². The van der Waals surface area contributed by atoms with Crippen molar-refractivity contribution < 1.29 is 18.3 Å². The van der Waals surface area contributed by atoms with Crippen LogP contribution >= 0.6 is 0 Å². The van der Waals surface area contributed by atoms with Crippen LogP contribution in [0.2, 0.25) is 0 Å². The van der Waals surface area contributed by atoms with Gasteiger partial charge >= 0.3 is 0 Å². The first-order valence-electron chi connectivity index (χ1n) is 8.83. The van der Waals surface area contributed by atoms with Gasteiger partial charge in [0.2, 0.25) is 0 Å². The molecule has 0 unspecified atom stereocenters. The fourth-order valence-electron chi connectivity index (χ4n) is 3.50. The van der Waals surface area contributed by atoms with Crippen LogP contribution in [-0.2, 0) is 6.54 Å². The topological polar surface area (TPSA) is 50.4 Å². The van der Waals surface area contributed by atoms with Crippen LogP contribution in [0.1, 0.15) is 29.5 Å². The van der Waals surface area contributed by atoms with E-state index in [2.05, 4.69) is 14.9 Å². The fourth-order valence-corrected chi connectivity index (χ4v) is 3.50. The molecule has 1 atom stereocenters. The SMILES string of the molecule is Cc1nc2c(O[C@H]3CCOc4cc(F)cc(F)c43)cc(CN(C)C)cc2[nH]1. The Labute approximate surface area is 155 Å². The molecular formula is C20H21F2N3O2. The number of imidazole rings is 1. The zero-order valence-corrected chi connectivity index (χ0v) is 15.5. The van der Waals surface area contributed by atoms with Gasteiger partial charge in [0.05, 0.1) is 17.7 Å². The van der Waals surface area contributed by atoms with Crippen LogP contribution in [0.15, 0.2) is 24.3 Å². The first-order valence-corrected chi connectivity index (χ1v) is 8.83. The second kappa shape index (κ2) is 6.81. The van der Waals surface area contributed by atoms with E-state index >= 15 is 0 Å². The number of H-pyrrole nitrogens is 1. The minimum absolute atomic E-state index is 0.197. The number of halogens is 2. The number of ether oxygens (including phenoxy) is 2. The summed E-state index contributed by atoms with van der Waals surface area (Å²) in [7, 11) is 3.98. The Morgan fingerprint density at radius 2 is 2.07 bits per heavy atom. The first-order chi connectivity index (χ1) is 12.9. The van der Waals surface area contributed by atoms with E-state index in [9.17, 15) is 8.78 Å². The van der Waals surface area contributed by atoms with Gasteiger partial charge in [-0.2, -0.15) is 0 Å². The average molecular weight is 373 g/mol. The molecule has 3 aromatic rings. The molecule has 2 heterocycles. The molecule has 27 heavy (non-hydrogen) atoms. The van der Waals surface area contributed by atoms with Crippen LogP contribution in [0.5, 0.6) is 11.5 Å². The van der Waals surface area contributed by atoms with Crippen molar-refractivity contribution in [2.45, 2.75) is 26.0 Å². The summed E-state index contributed by atoms with van der Waals surface area (Å²) >= 11 is 0. The second-order valence-electron chi connectivity index (χ2n) is 7.09. The van der Waals surface area contributed by atoms with Gasteiger partial charge in [0.15, 0.2) is 0 Å². The summed E-state index contributed by atoms with van der Waals surface area (Å²) in [5.41, 5.74) is 2.87. The number of fused-ring (bicyclic) bond motifs is 2. The van der Waals surface area contributed by atoms with Crippen molar-refractivity contribution in [3.05, 3.63) is 52.9 Å². The summed E-state index contributed by atoms with van der Waals surface area (Å²) in [4.78, 5) is 9.80. The van der Waals surface area contributed by atoms with Crippen LogP contribution < -0.4 is 9.47 Å². The number of aromatic amines is 1.